The maximum atomic E-state index is 13.3. The summed E-state index contributed by atoms with van der Waals surface area (Å²) < 4.78 is 17.7. The fourth-order valence-corrected chi connectivity index (χ4v) is 12.9. The molecule has 7 nitrogen and oxygen atoms in total. The van der Waals surface area contributed by atoms with Crippen LogP contribution in [0.2, 0.25) is 0 Å². The molecule has 0 spiro atoms. The summed E-state index contributed by atoms with van der Waals surface area (Å²) in [5, 5.41) is 0. The smallest absolute Gasteiger partial charge is 0.320 e. The molecular formula is C53H72N2O5. The molecule has 3 aromatic carbocycles. The van der Waals surface area contributed by atoms with Crippen LogP contribution < -0.4 is 10.5 Å². The highest BCUT2D eigenvalue weighted by atomic mass is 16.5. The summed E-state index contributed by atoms with van der Waals surface area (Å²) in [6, 6.07) is 29.7. The number of rotatable bonds is 17. The predicted octanol–water partition coefficient (Wildman–Crippen LogP) is 10.9. The maximum absolute atomic E-state index is 13.3. The largest absolute Gasteiger partial charge is 0.492 e. The number of nitrogens with two attached hydrogens (primary N) is 1. The standard InChI is InChI=1S/C53H72N2O5/c1-6-44(38-13-9-7-10-14-38)51(39-15-11-8-12-16-39)40-18-21-42(22-19-40)58-34-32-55(5)36-50(57)60-43-27-29-52(3)41(35-43)20-23-45-47-25-24-46(53(47,4)30-28-48(45)52)37(2)17-26-49(56)59-33-31-54/h7-16,18-19,21-22,37,41,43,45-48H,6,17,20,23-36,54H2,1-5H3/b51-44-/t37-,41-,43-,45+,46-,47+,48+,52+,53-/m1/s1. The summed E-state index contributed by atoms with van der Waals surface area (Å²) in [4.78, 5) is 27.5. The number of ether oxygens (including phenoxy) is 3. The van der Waals surface area contributed by atoms with Crippen molar-refractivity contribution in [3.05, 3.63) is 102 Å². The second kappa shape index (κ2) is 19.8. The second-order valence-electron chi connectivity index (χ2n) is 19.3. The van der Waals surface area contributed by atoms with E-state index in [-0.39, 0.29) is 24.6 Å². The summed E-state index contributed by atoms with van der Waals surface area (Å²) in [5.41, 5.74) is 12.4. The minimum Gasteiger partial charge on any atom is -0.492 e. The first kappa shape index (κ1) is 44.1. The first-order valence-electron chi connectivity index (χ1n) is 23.3. The van der Waals surface area contributed by atoms with Crippen molar-refractivity contribution in [3.8, 4) is 5.75 Å². The molecule has 2 N–H and O–H groups in total. The minimum atomic E-state index is -0.123. The number of benzene rings is 3. The number of esters is 2. The average molecular weight is 817 g/mol. The predicted molar refractivity (Wildman–Crippen MR) is 242 cm³/mol. The summed E-state index contributed by atoms with van der Waals surface area (Å²) in [5.74, 6) is 4.76. The van der Waals surface area contributed by atoms with Gasteiger partial charge >= 0.3 is 11.9 Å². The molecule has 4 fully saturated rings. The number of carbonyl (C=O) groups is 2. The Balaban J connectivity index is 0.869. The van der Waals surface area contributed by atoms with Gasteiger partial charge in [-0.3, -0.25) is 14.5 Å². The quantitative estimate of drug-likeness (QED) is 0.107. The van der Waals surface area contributed by atoms with Crippen molar-refractivity contribution in [1.82, 2.24) is 4.90 Å². The fraction of sp³-hybridized carbons (Fsp3) is 0.585. The van der Waals surface area contributed by atoms with Crippen LogP contribution in [0.5, 0.6) is 5.75 Å². The van der Waals surface area contributed by atoms with Crippen molar-refractivity contribution in [2.75, 3.05) is 39.9 Å². The molecule has 0 unspecified atom stereocenters. The van der Waals surface area contributed by atoms with Crippen LogP contribution in [0.1, 0.15) is 121 Å². The van der Waals surface area contributed by atoms with Crippen molar-refractivity contribution >= 4 is 23.1 Å². The molecule has 7 rings (SSSR count). The van der Waals surface area contributed by atoms with Gasteiger partial charge in [0.05, 0.1) is 6.54 Å². The summed E-state index contributed by atoms with van der Waals surface area (Å²) >= 11 is 0. The first-order valence-corrected chi connectivity index (χ1v) is 23.3. The van der Waals surface area contributed by atoms with Crippen molar-refractivity contribution in [3.63, 3.8) is 0 Å². The van der Waals surface area contributed by atoms with E-state index in [1.807, 2.05) is 11.9 Å². The van der Waals surface area contributed by atoms with Crippen LogP contribution in [-0.4, -0.2) is 62.8 Å². The molecule has 4 aliphatic rings. The van der Waals surface area contributed by atoms with E-state index in [4.69, 9.17) is 19.9 Å². The highest BCUT2D eigenvalue weighted by molar-refractivity contribution is 5.98. The van der Waals surface area contributed by atoms with Crippen molar-refractivity contribution in [2.24, 2.45) is 52.1 Å². The zero-order valence-corrected chi connectivity index (χ0v) is 37.2. The van der Waals surface area contributed by atoms with Crippen LogP contribution in [0.25, 0.3) is 11.1 Å². The Labute approximate surface area is 360 Å². The zero-order chi connectivity index (χ0) is 42.3. The van der Waals surface area contributed by atoms with E-state index in [0.717, 1.165) is 61.2 Å². The number of fused-ring (bicyclic) bond motifs is 5. The van der Waals surface area contributed by atoms with Crippen molar-refractivity contribution in [1.29, 1.82) is 0 Å². The molecule has 0 aliphatic heterocycles. The lowest BCUT2D eigenvalue weighted by Gasteiger charge is -2.61. The van der Waals surface area contributed by atoms with Gasteiger partial charge in [0.15, 0.2) is 0 Å². The van der Waals surface area contributed by atoms with Gasteiger partial charge in [0.25, 0.3) is 0 Å². The van der Waals surface area contributed by atoms with Crippen molar-refractivity contribution in [2.45, 2.75) is 111 Å². The molecule has 0 heterocycles. The monoisotopic (exact) mass is 817 g/mol. The number of allylic oxidation sites excluding steroid dienone is 1. The van der Waals surface area contributed by atoms with Gasteiger partial charge in [-0.1, -0.05) is 100 Å². The Morgan fingerprint density at radius 1 is 0.783 bits per heavy atom. The number of nitrogens with zero attached hydrogens (tertiary/aromatic N) is 1. The van der Waals surface area contributed by atoms with E-state index >= 15 is 0 Å². The number of hydrogen-bond donors (Lipinski definition) is 1. The number of hydrogen-bond acceptors (Lipinski definition) is 7. The van der Waals surface area contributed by atoms with Crippen LogP contribution >= 0.6 is 0 Å². The van der Waals surface area contributed by atoms with Crippen molar-refractivity contribution < 1.29 is 23.8 Å². The first-order chi connectivity index (χ1) is 29.0. The Bertz CT molecular complexity index is 1900. The highest BCUT2D eigenvalue weighted by Gasteiger charge is 2.60. The lowest BCUT2D eigenvalue weighted by Crippen LogP contribution is -2.54. The van der Waals surface area contributed by atoms with Gasteiger partial charge in [-0.2, -0.15) is 0 Å². The Kier molecular flexibility index (Phi) is 14.6. The van der Waals surface area contributed by atoms with Gasteiger partial charge in [0.1, 0.15) is 25.1 Å². The summed E-state index contributed by atoms with van der Waals surface area (Å²) in [7, 11) is 1.97. The molecule has 0 aromatic heterocycles. The lowest BCUT2D eigenvalue weighted by molar-refractivity contribution is -0.163. The molecule has 0 amide bonds. The van der Waals surface area contributed by atoms with Gasteiger partial charge in [-0.15, -0.1) is 0 Å². The minimum absolute atomic E-state index is 0.0161. The van der Waals surface area contributed by atoms with Gasteiger partial charge < -0.3 is 19.9 Å². The molecule has 7 heteroatoms. The second-order valence-corrected chi connectivity index (χ2v) is 19.3. The van der Waals surface area contributed by atoms with Gasteiger partial charge in [-0.05, 0) is 164 Å². The Morgan fingerprint density at radius 2 is 1.45 bits per heavy atom. The molecule has 4 aliphatic carbocycles. The molecule has 0 radical (unpaired) electrons. The molecule has 4 saturated carbocycles. The van der Waals surface area contributed by atoms with E-state index < -0.39 is 0 Å². The molecule has 9 atom stereocenters. The number of carbonyl (C=O) groups excluding carboxylic acids is 2. The fourth-order valence-electron chi connectivity index (χ4n) is 12.9. The highest BCUT2D eigenvalue weighted by Crippen LogP contribution is 2.68. The Morgan fingerprint density at radius 3 is 2.15 bits per heavy atom. The molecule has 60 heavy (non-hydrogen) atoms. The maximum Gasteiger partial charge on any atom is 0.320 e. The van der Waals surface area contributed by atoms with E-state index in [1.54, 1.807) is 0 Å². The van der Waals surface area contributed by atoms with Crippen LogP contribution in [0.3, 0.4) is 0 Å². The normalized spacial score (nSPS) is 29.4. The average Bonchev–Trinajstić information content (AvgIpc) is 3.62. The van der Waals surface area contributed by atoms with Crippen LogP contribution in [0.4, 0.5) is 0 Å². The van der Waals surface area contributed by atoms with Gasteiger partial charge in [0, 0.05) is 19.5 Å². The molecule has 3 aromatic rings. The molecule has 0 bridgehead atoms. The van der Waals surface area contributed by atoms with E-state index in [2.05, 4.69) is 113 Å². The molecule has 0 saturated heterocycles. The molecular weight excluding hydrogens is 745 g/mol. The van der Waals surface area contributed by atoms with Gasteiger partial charge in [0.2, 0.25) is 0 Å². The topological polar surface area (TPSA) is 91.1 Å². The summed E-state index contributed by atoms with van der Waals surface area (Å²) in [6.45, 7) is 11.9. The summed E-state index contributed by atoms with van der Waals surface area (Å²) in [6.07, 6.45) is 13.3. The lowest BCUT2D eigenvalue weighted by atomic mass is 9.44. The third-order valence-electron chi connectivity index (χ3n) is 16.0. The Hall–Kier alpha value is -3.94. The molecule has 324 valence electrons. The van der Waals surface area contributed by atoms with E-state index in [9.17, 15) is 9.59 Å². The third kappa shape index (κ3) is 9.73. The van der Waals surface area contributed by atoms with Crippen LogP contribution in [-0.2, 0) is 19.1 Å². The SMILES string of the molecule is CC/C(=C(\c1ccccc1)c1ccc(OCCN(C)CC(=O)O[C@@H]2CC[C@@]3(C)[C@H](CC[C@@H]4[C@@H]3CC[C@]3(C)[C@@H]([C@H](C)CCC(=O)OCCN)CC[C@@H]43)C2)cc1)c1ccccc1. The van der Waals surface area contributed by atoms with Crippen LogP contribution in [0.15, 0.2) is 84.9 Å². The number of likely N-dealkylation sites (N-methyl/N-ethyl adjacent to an activating group) is 1. The van der Waals surface area contributed by atoms with Gasteiger partial charge in [-0.25, -0.2) is 0 Å². The van der Waals surface area contributed by atoms with E-state index in [1.165, 1.54) is 60.8 Å². The van der Waals surface area contributed by atoms with Crippen LogP contribution in [0, 0.1) is 46.3 Å². The zero-order valence-electron chi connectivity index (χ0n) is 37.2. The van der Waals surface area contributed by atoms with E-state index in [0.29, 0.717) is 61.3 Å². The third-order valence-corrected chi connectivity index (χ3v) is 16.0.